The van der Waals surface area contributed by atoms with Crippen LogP contribution in [0.25, 0.3) is 10.8 Å². The van der Waals surface area contributed by atoms with Crippen LogP contribution in [-0.4, -0.2) is 54.4 Å². The summed E-state index contributed by atoms with van der Waals surface area (Å²) in [5.41, 5.74) is 3.44. The lowest BCUT2D eigenvalue weighted by molar-refractivity contribution is 0.200. The predicted molar refractivity (Wildman–Crippen MR) is 119 cm³/mol. The molecule has 6 nitrogen and oxygen atoms in total. The lowest BCUT2D eigenvalue weighted by atomic mass is 10.1. The Morgan fingerprint density at radius 3 is 2.93 bits per heavy atom. The van der Waals surface area contributed by atoms with E-state index in [1.807, 2.05) is 25.1 Å². The Hall–Kier alpha value is -2.83. The number of likely N-dealkylation sites (tertiary alicyclic amines) is 1. The summed E-state index contributed by atoms with van der Waals surface area (Å²) >= 11 is 0. The maximum Gasteiger partial charge on any atom is 0.221 e. The van der Waals surface area contributed by atoms with E-state index in [-0.39, 0.29) is 6.61 Å². The number of fused-ring (bicyclic) bond motifs is 1. The van der Waals surface area contributed by atoms with Crippen molar-refractivity contribution < 1.29 is 14.6 Å². The lowest BCUT2D eigenvalue weighted by Gasteiger charge is -2.19. The summed E-state index contributed by atoms with van der Waals surface area (Å²) in [7, 11) is 1.65. The van der Waals surface area contributed by atoms with Crippen LogP contribution in [0.4, 0.5) is 5.69 Å². The minimum atomic E-state index is 0.0270. The molecule has 158 valence electrons. The Kier molecular flexibility index (Phi) is 6.35. The number of aliphatic hydroxyl groups is 1. The molecule has 0 unspecified atom stereocenters. The molecule has 1 fully saturated rings. The zero-order valence-electron chi connectivity index (χ0n) is 17.6. The van der Waals surface area contributed by atoms with E-state index in [9.17, 15) is 0 Å². The summed E-state index contributed by atoms with van der Waals surface area (Å²) in [5.74, 6) is 1.51. The summed E-state index contributed by atoms with van der Waals surface area (Å²) in [6, 6.07) is 15.0. The van der Waals surface area contributed by atoms with Crippen molar-refractivity contribution in [3.63, 3.8) is 0 Å². The van der Waals surface area contributed by atoms with Gasteiger partial charge in [-0.3, -0.25) is 4.90 Å². The van der Waals surface area contributed by atoms with Gasteiger partial charge in [0.25, 0.3) is 0 Å². The first-order valence-electron chi connectivity index (χ1n) is 10.4. The van der Waals surface area contributed by atoms with E-state index in [1.54, 1.807) is 13.3 Å². The van der Waals surface area contributed by atoms with Crippen molar-refractivity contribution in [2.75, 3.05) is 38.7 Å². The van der Waals surface area contributed by atoms with Gasteiger partial charge in [0.2, 0.25) is 5.88 Å². The fourth-order valence-corrected chi connectivity index (χ4v) is 4.09. The van der Waals surface area contributed by atoms with Crippen LogP contribution in [0.5, 0.6) is 11.6 Å². The quantitative estimate of drug-likeness (QED) is 0.595. The molecule has 0 aliphatic carbocycles. The zero-order chi connectivity index (χ0) is 20.9. The minimum Gasteiger partial charge on any atom is -0.491 e. The first-order valence-corrected chi connectivity index (χ1v) is 10.4. The molecule has 30 heavy (non-hydrogen) atoms. The number of nitrogens with zero attached hydrogens (tertiary/aromatic N) is 2. The third-order valence-electron chi connectivity index (χ3n) is 5.60. The number of hydrogen-bond acceptors (Lipinski definition) is 6. The molecule has 0 spiro atoms. The lowest BCUT2D eigenvalue weighted by Crippen LogP contribution is -2.26. The van der Waals surface area contributed by atoms with E-state index in [4.69, 9.17) is 14.6 Å². The highest BCUT2D eigenvalue weighted by Gasteiger charge is 2.23. The second-order valence-electron chi connectivity index (χ2n) is 7.76. The van der Waals surface area contributed by atoms with Crippen molar-refractivity contribution >= 4 is 16.5 Å². The van der Waals surface area contributed by atoms with Crippen LogP contribution in [0, 0.1) is 6.92 Å². The fourth-order valence-electron chi connectivity index (χ4n) is 4.09. The van der Waals surface area contributed by atoms with Gasteiger partial charge in [-0.2, -0.15) is 0 Å². The van der Waals surface area contributed by atoms with E-state index >= 15 is 0 Å². The van der Waals surface area contributed by atoms with E-state index in [1.165, 1.54) is 5.56 Å². The fraction of sp³-hybridized carbons (Fsp3) is 0.375. The topological polar surface area (TPSA) is 66.9 Å². The monoisotopic (exact) mass is 407 g/mol. The van der Waals surface area contributed by atoms with Gasteiger partial charge in [0.1, 0.15) is 12.4 Å². The van der Waals surface area contributed by atoms with Crippen LogP contribution < -0.4 is 14.8 Å². The van der Waals surface area contributed by atoms with Gasteiger partial charge in [0.15, 0.2) is 0 Å². The number of aryl methyl sites for hydroxylation is 1. The van der Waals surface area contributed by atoms with Gasteiger partial charge in [-0.15, -0.1) is 0 Å². The minimum absolute atomic E-state index is 0.0270. The molecule has 1 aromatic heterocycles. The molecule has 0 saturated carbocycles. The van der Waals surface area contributed by atoms with Gasteiger partial charge in [-0.25, -0.2) is 4.98 Å². The highest BCUT2D eigenvalue weighted by Crippen LogP contribution is 2.30. The summed E-state index contributed by atoms with van der Waals surface area (Å²) in [4.78, 5) is 6.77. The molecule has 2 heterocycles. The maximum absolute atomic E-state index is 9.01. The van der Waals surface area contributed by atoms with Gasteiger partial charge in [0.05, 0.1) is 13.7 Å². The molecule has 1 aliphatic heterocycles. The number of aliphatic hydroxyl groups excluding tert-OH is 1. The van der Waals surface area contributed by atoms with Crippen molar-refractivity contribution in [3.05, 3.63) is 59.8 Å². The molecule has 2 N–H and O–H groups in total. The van der Waals surface area contributed by atoms with Crippen LogP contribution >= 0.6 is 0 Å². The number of pyridine rings is 1. The average Bonchev–Trinajstić information content (AvgIpc) is 3.20. The van der Waals surface area contributed by atoms with Gasteiger partial charge >= 0.3 is 0 Å². The molecule has 0 amide bonds. The number of methoxy groups -OCH3 is 1. The predicted octanol–water partition coefficient (Wildman–Crippen LogP) is 3.61. The van der Waals surface area contributed by atoms with Crippen LogP contribution in [0.15, 0.2) is 48.7 Å². The van der Waals surface area contributed by atoms with Crippen molar-refractivity contribution in [2.45, 2.75) is 25.9 Å². The molecular weight excluding hydrogens is 378 g/mol. The standard InChI is InChI=1S/C24H29N3O3/c1-17-6-7-18(14-23(17)30-13-12-28)15-27-11-9-19(16-27)26-22-5-3-4-21-20(22)8-10-25-24(21)29-2/h3-8,10,14,19,26,28H,9,11-13,15-16H2,1-2H3/t19-/m1/s1. The Morgan fingerprint density at radius 1 is 1.20 bits per heavy atom. The summed E-state index contributed by atoms with van der Waals surface area (Å²) in [5, 5.41) is 14.9. The van der Waals surface area contributed by atoms with Crippen LogP contribution in [-0.2, 0) is 6.54 Å². The first-order chi connectivity index (χ1) is 14.7. The number of nitrogens with one attached hydrogen (secondary N) is 1. The third kappa shape index (κ3) is 4.50. The molecule has 1 saturated heterocycles. The van der Waals surface area contributed by atoms with Crippen LogP contribution in [0.3, 0.4) is 0 Å². The third-order valence-corrected chi connectivity index (χ3v) is 5.60. The number of anilines is 1. The van der Waals surface area contributed by atoms with E-state index < -0.39 is 0 Å². The molecule has 3 aromatic rings. The molecule has 4 rings (SSSR count). The molecule has 6 heteroatoms. The Bertz CT molecular complexity index is 1010. The van der Waals surface area contributed by atoms with Crippen molar-refractivity contribution in [3.8, 4) is 11.6 Å². The van der Waals surface area contributed by atoms with Gasteiger partial charge < -0.3 is 19.9 Å². The molecule has 1 aliphatic rings. The first kappa shape index (κ1) is 20.4. The van der Waals surface area contributed by atoms with Crippen molar-refractivity contribution in [1.82, 2.24) is 9.88 Å². The number of rotatable bonds is 8. The van der Waals surface area contributed by atoms with E-state index in [2.05, 4.69) is 39.5 Å². The maximum atomic E-state index is 9.01. The van der Waals surface area contributed by atoms with Gasteiger partial charge in [-0.05, 0) is 48.7 Å². The second-order valence-corrected chi connectivity index (χ2v) is 7.76. The Morgan fingerprint density at radius 2 is 2.10 bits per heavy atom. The van der Waals surface area contributed by atoms with Crippen molar-refractivity contribution in [2.24, 2.45) is 0 Å². The Labute approximate surface area is 177 Å². The number of aromatic nitrogens is 1. The normalized spacial score (nSPS) is 16.7. The molecule has 1 atom stereocenters. The van der Waals surface area contributed by atoms with Gasteiger partial charge in [0, 0.05) is 48.3 Å². The Balaban J connectivity index is 1.42. The molecule has 0 radical (unpaired) electrons. The van der Waals surface area contributed by atoms with E-state index in [0.717, 1.165) is 53.8 Å². The molecule has 2 aromatic carbocycles. The SMILES string of the molecule is COc1nccc2c(N[C@@H]3CCN(Cc4ccc(C)c(OCCO)c4)C3)cccc12. The largest absolute Gasteiger partial charge is 0.491 e. The van der Waals surface area contributed by atoms with Gasteiger partial charge in [-0.1, -0.05) is 18.2 Å². The summed E-state index contributed by atoms with van der Waals surface area (Å²) in [6.45, 7) is 5.31. The van der Waals surface area contributed by atoms with Crippen LogP contribution in [0.1, 0.15) is 17.5 Å². The summed E-state index contributed by atoms with van der Waals surface area (Å²) < 4.78 is 11.1. The summed E-state index contributed by atoms with van der Waals surface area (Å²) in [6.07, 6.45) is 2.89. The number of ether oxygens (including phenoxy) is 2. The number of hydrogen-bond donors (Lipinski definition) is 2. The van der Waals surface area contributed by atoms with Crippen LogP contribution in [0.2, 0.25) is 0 Å². The second kappa shape index (κ2) is 9.32. The van der Waals surface area contributed by atoms with Crippen molar-refractivity contribution in [1.29, 1.82) is 0 Å². The molecule has 0 bridgehead atoms. The average molecular weight is 408 g/mol. The van der Waals surface area contributed by atoms with E-state index in [0.29, 0.717) is 18.5 Å². The number of benzene rings is 2. The highest BCUT2D eigenvalue weighted by molar-refractivity contribution is 5.96. The zero-order valence-corrected chi connectivity index (χ0v) is 17.6. The molecular formula is C24H29N3O3. The highest BCUT2D eigenvalue weighted by atomic mass is 16.5. The smallest absolute Gasteiger partial charge is 0.221 e.